The first-order valence-electron chi connectivity index (χ1n) is 5.69. The van der Waals surface area contributed by atoms with Gasteiger partial charge in [0.2, 0.25) is 5.90 Å². The fourth-order valence-corrected chi connectivity index (χ4v) is 1.81. The molecule has 0 aliphatic carbocycles. The number of nitrogens with one attached hydrogen (secondary N) is 1. The molecule has 0 amide bonds. The lowest BCUT2D eigenvalue weighted by molar-refractivity contribution is 0.324. The summed E-state index contributed by atoms with van der Waals surface area (Å²) in [4.78, 5) is 8.51. The zero-order valence-corrected chi connectivity index (χ0v) is 11.0. The molecular weight excluding hydrogens is 238 g/mol. The van der Waals surface area contributed by atoms with E-state index in [9.17, 15) is 0 Å². The number of hydrogen-bond acceptors (Lipinski definition) is 4. The molecular formula is C12H16ClN3O. The summed E-state index contributed by atoms with van der Waals surface area (Å²) in [5.41, 5.74) is 1.78. The lowest BCUT2D eigenvalue weighted by Gasteiger charge is -2.14. The first kappa shape index (κ1) is 12.2. The van der Waals surface area contributed by atoms with Crippen molar-refractivity contribution in [2.75, 3.05) is 11.9 Å². The normalized spacial score (nSPS) is 19.1. The molecule has 0 saturated heterocycles. The zero-order valence-electron chi connectivity index (χ0n) is 10.2. The van der Waals surface area contributed by atoms with Gasteiger partial charge in [0.25, 0.3) is 0 Å². The molecule has 1 aromatic rings. The van der Waals surface area contributed by atoms with Crippen LogP contribution in [0.5, 0.6) is 0 Å². The number of anilines is 1. The van der Waals surface area contributed by atoms with Crippen molar-refractivity contribution in [2.24, 2.45) is 4.99 Å². The molecule has 1 aliphatic heterocycles. The smallest absolute Gasteiger partial charge is 0.220 e. The monoisotopic (exact) mass is 253 g/mol. The molecule has 2 heterocycles. The van der Waals surface area contributed by atoms with Gasteiger partial charge in [0, 0.05) is 12.2 Å². The molecule has 0 fully saturated rings. The predicted octanol–water partition coefficient (Wildman–Crippen LogP) is 2.72. The predicted molar refractivity (Wildman–Crippen MR) is 70.0 cm³/mol. The molecule has 0 spiro atoms. The van der Waals surface area contributed by atoms with Crippen LogP contribution < -0.4 is 5.32 Å². The van der Waals surface area contributed by atoms with Gasteiger partial charge in [-0.3, -0.25) is 0 Å². The summed E-state index contributed by atoms with van der Waals surface area (Å²) < 4.78 is 5.54. The average Bonchev–Trinajstić information content (AvgIpc) is 2.64. The fraction of sp³-hybridized carbons (Fsp3) is 0.500. The summed E-state index contributed by atoms with van der Waals surface area (Å²) >= 11 is 5.90. The van der Waals surface area contributed by atoms with E-state index in [1.54, 1.807) is 12.3 Å². The maximum absolute atomic E-state index is 5.90. The topological polar surface area (TPSA) is 46.5 Å². The van der Waals surface area contributed by atoms with E-state index in [0.717, 1.165) is 11.3 Å². The third-order valence-electron chi connectivity index (χ3n) is 2.34. The maximum atomic E-state index is 5.90. The molecule has 0 radical (unpaired) electrons. The number of hydrogen-bond donors (Lipinski definition) is 1. The van der Waals surface area contributed by atoms with Crippen LogP contribution in [0.2, 0.25) is 5.15 Å². The van der Waals surface area contributed by atoms with Crippen LogP contribution in [-0.2, 0) is 4.74 Å². The van der Waals surface area contributed by atoms with Gasteiger partial charge in [0.05, 0.1) is 17.3 Å². The van der Waals surface area contributed by atoms with E-state index in [-0.39, 0.29) is 6.04 Å². The van der Waals surface area contributed by atoms with Crippen molar-refractivity contribution < 1.29 is 4.74 Å². The molecule has 1 unspecified atom stereocenters. The fourth-order valence-electron chi connectivity index (χ4n) is 1.65. The number of aliphatic imine (C=N–C) groups is 1. The second-order valence-corrected chi connectivity index (χ2v) is 4.83. The van der Waals surface area contributed by atoms with Crippen LogP contribution in [0.4, 0.5) is 5.69 Å². The number of nitrogens with zero attached hydrogens (tertiary/aromatic N) is 2. The van der Waals surface area contributed by atoms with Gasteiger partial charge in [-0.25, -0.2) is 9.98 Å². The Balaban J connectivity index is 2.35. The van der Waals surface area contributed by atoms with Crippen molar-refractivity contribution in [1.29, 1.82) is 0 Å². The Kier molecular flexibility index (Phi) is 3.52. The zero-order chi connectivity index (χ0) is 12.4. The highest BCUT2D eigenvalue weighted by Gasteiger charge is 2.20. The van der Waals surface area contributed by atoms with Gasteiger partial charge in [-0.2, -0.15) is 0 Å². The number of aromatic nitrogens is 1. The molecule has 0 saturated carbocycles. The molecule has 1 aliphatic rings. The lowest BCUT2D eigenvalue weighted by atomic mass is 10.2. The van der Waals surface area contributed by atoms with Gasteiger partial charge in [0.1, 0.15) is 11.8 Å². The average molecular weight is 254 g/mol. The minimum Gasteiger partial charge on any atom is -0.475 e. The number of halogens is 1. The minimum absolute atomic E-state index is 0.201. The second-order valence-electron chi connectivity index (χ2n) is 4.45. The van der Waals surface area contributed by atoms with Gasteiger partial charge >= 0.3 is 0 Å². The summed E-state index contributed by atoms with van der Waals surface area (Å²) in [6.07, 6.45) is 1.70. The van der Waals surface area contributed by atoms with Crippen molar-refractivity contribution in [2.45, 2.75) is 32.9 Å². The highest BCUT2D eigenvalue weighted by molar-refractivity contribution is 6.29. The van der Waals surface area contributed by atoms with E-state index < -0.39 is 0 Å². The van der Waals surface area contributed by atoms with E-state index in [1.165, 1.54) is 0 Å². The number of ether oxygens (including phenoxy) is 1. The molecule has 2 rings (SSSR count). The van der Waals surface area contributed by atoms with Crippen molar-refractivity contribution in [3.63, 3.8) is 0 Å². The molecule has 1 N–H and O–H groups in total. The number of rotatable bonds is 3. The van der Waals surface area contributed by atoms with Gasteiger partial charge in [-0.05, 0) is 26.8 Å². The Morgan fingerprint density at radius 2 is 2.29 bits per heavy atom. The first-order chi connectivity index (χ1) is 8.06. The van der Waals surface area contributed by atoms with Gasteiger partial charge < -0.3 is 10.1 Å². The van der Waals surface area contributed by atoms with Crippen LogP contribution >= 0.6 is 11.6 Å². The van der Waals surface area contributed by atoms with Crippen LogP contribution in [0, 0.1) is 0 Å². The van der Waals surface area contributed by atoms with Crippen molar-refractivity contribution in [1.82, 2.24) is 4.98 Å². The Labute approximate surface area is 106 Å². The van der Waals surface area contributed by atoms with E-state index in [2.05, 4.69) is 29.1 Å². The molecule has 1 atom stereocenters. The largest absolute Gasteiger partial charge is 0.475 e. The Morgan fingerprint density at radius 3 is 2.88 bits per heavy atom. The lowest BCUT2D eigenvalue weighted by Crippen LogP contribution is -2.14. The van der Waals surface area contributed by atoms with Crippen molar-refractivity contribution >= 4 is 23.2 Å². The molecule has 4 nitrogen and oxygen atoms in total. The minimum atomic E-state index is 0.201. The summed E-state index contributed by atoms with van der Waals surface area (Å²) in [5.74, 6) is 0.643. The molecule has 17 heavy (non-hydrogen) atoms. The molecule has 92 valence electrons. The quantitative estimate of drug-likeness (QED) is 0.843. The van der Waals surface area contributed by atoms with Gasteiger partial charge in [-0.1, -0.05) is 11.6 Å². The van der Waals surface area contributed by atoms with Crippen LogP contribution in [0.25, 0.3) is 0 Å². The standard InChI is InChI=1S/C12H16ClN3O/c1-7(2)15-10-4-11(13)14-5-9(10)12-16-8(3)6-17-12/h4-5,7-8H,6H2,1-3H3,(H,14,15). The Hall–Kier alpha value is -1.29. The van der Waals surface area contributed by atoms with Crippen LogP contribution in [0.3, 0.4) is 0 Å². The second kappa shape index (κ2) is 4.92. The summed E-state index contributed by atoms with van der Waals surface area (Å²) in [6, 6.07) is 2.31. The Bertz CT molecular complexity index is 445. The molecule has 0 bridgehead atoms. The molecule has 5 heteroatoms. The Morgan fingerprint density at radius 1 is 1.53 bits per heavy atom. The van der Waals surface area contributed by atoms with E-state index >= 15 is 0 Å². The van der Waals surface area contributed by atoms with E-state index in [4.69, 9.17) is 16.3 Å². The maximum Gasteiger partial charge on any atom is 0.220 e. The third kappa shape index (κ3) is 2.88. The molecule has 1 aromatic heterocycles. The molecule has 0 aromatic carbocycles. The van der Waals surface area contributed by atoms with E-state index in [0.29, 0.717) is 23.7 Å². The highest BCUT2D eigenvalue weighted by Crippen LogP contribution is 2.23. The number of pyridine rings is 1. The van der Waals surface area contributed by atoms with Crippen molar-refractivity contribution in [3.8, 4) is 0 Å². The highest BCUT2D eigenvalue weighted by atomic mass is 35.5. The van der Waals surface area contributed by atoms with Gasteiger partial charge in [-0.15, -0.1) is 0 Å². The summed E-state index contributed by atoms with van der Waals surface area (Å²) in [6.45, 7) is 6.78. The SMILES string of the molecule is CC1COC(c2cnc(Cl)cc2NC(C)C)=N1. The van der Waals surface area contributed by atoms with Crippen molar-refractivity contribution in [3.05, 3.63) is 23.0 Å². The van der Waals surface area contributed by atoms with E-state index in [1.807, 2.05) is 6.92 Å². The van der Waals surface area contributed by atoms with Crippen LogP contribution in [0.15, 0.2) is 17.3 Å². The van der Waals surface area contributed by atoms with Gasteiger partial charge in [0.15, 0.2) is 0 Å². The summed E-state index contributed by atoms with van der Waals surface area (Å²) in [5, 5.41) is 3.78. The third-order valence-corrected chi connectivity index (χ3v) is 2.55. The first-order valence-corrected chi connectivity index (χ1v) is 6.07. The summed E-state index contributed by atoms with van der Waals surface area (Å²) in [7, 11) is 0. The van der Waals surface area contributed by atoms with Crippen LogP contribution in [-0.4, -0.2) is 29.6 Å². The van der Waals surface area contributed by atoms with Crippen LogP contribution in [0.1, 0.15) is 26.3 Å².